The Morgan fingerprint density at radius 2 is 1.53 bits per heavy atom. The van der Waals surface area contributed by atoms with E-state index in [2.05, 4.69) is 30.3 Å². The second-order valence-corrected chi connectivity index (χ2v) is 5.08. The first-order valence-electron chi connectivity index (χ1n) is 7.24. The van der Waals surface area contributed by atoms with Crippen molar-refractivity contribution in [1.29, 1.82) is 0 Å². The van der Waals surface area contributed by atoms with E-state index < -0.39 is 0 Å². The molecule has 0 N–H and O–H groups in total. The lowest BCUT2D eigenvalue weighted by Gasteiger charge is -2.05. The molecule has 0 unspecified atom stereocenters. The predicted octanol–water partition coefficient (Wildman–Crippen LogP) is 4.64. The van der Waals surface area contributed by atoms with Crippen LogP contribution in [-0.4, -0.2) is 9.55 Å². The lowest BCUT2D eigenvalue weighted by Crippen LogP contribution is -1.99. The predicted molar refractivity (Wildman–Crippen MR) is 74.3 cm³/mol. The number of aromatic nitrogens is 2. The molecule has 2 nitrogen and oxygen atoms in total. The van der Waals surface area contributed by atoms with Crippen LogP contribution in [0.3, 0.4) is 0 Å². The number of hydrogen-bond acceptors (Lipinski definition) is 1. The topological polar surface area (TPSA) is 17.8 Å². The summed E-state index contributed by atoms with van der Waals surface area (Å²) in [6.45, 7) is 7.66. The highest BCUT2D eigenvalue weighted by molar-refractivity contribution is 5.08. The van der Waals surface area contributed by atoms with Crippen molar-refractivity contribution in [1.82, 2.24) is 9.55 Å². The summed E-state index contributed by atoms with van der Waals surface area (Å²) in [5.74, 6) is 0. The van der Waals surface area contributed by atoms with Crippen LogP contribution in [-0.2, 0) is 6.54 Å². The first-order chi connectivity index (χ1) is 8.25. The third kappa shape index (κ3) is 5.38. The van der Waals surface area contributed by atoms with Gasteiger partial charge in [0.1, 0.15) is 0 Å². The highest BCUT2D eigenvalue weighted by Crippen LogP contribution is 2.10. The van der Waals surface area contributed by atoms with E-state index in [1.807, 2.05) is 6.33 Å². The number of imidazole rings is 1. The van der Waals surface area contributed by atoms with E-state index in [9.17, 15) is 0 Å². The van der Waals surface area contributed by atoms with Crippen molar-refractivity contribution in [3.05, 3.63) is 17.7 Å². The lowest BCUT2D eigenvalue weighted by atomic mass is 10.1. The van der Waals surface area contributed by atoms with Crippen molar-refractivity contribution in [2.24, 2.45) is 0 Å². The van der Waals surface area contributed by atoms with E-state index >= 15 is 0 Å². The van der Waals surface area contributed by atoms with E-state index in [4.69, 9.17) is 0 Å². The smallest absolute Gasteiger partial charge is 0.0951 e. The number of aryl methyl sites for hydroxylation is 2. The summed E-state index contributed by atoms with van der Waals surface area (Å²) in [6, 6.07) is 0. The molecule has 1 aromatic heterocycles. The van der Waals surface area contributed by atoms with Crippen LogP contribution >= 0.6 is 0 Å². The van der Waals surface area contributed by atoms with Crippen molar-refractivity contribution in [3.63, 3.8) is 0 Å². The van der Waals surface area contributed by atoms with Gasteiger partial charge in [-0.05, 0) is 20.3 Å². The Labute approximate surface area is 106 Å². The van der Waals surface area contributed by atoms with Crippen LogP contribution in [0, 0.1) is 13.8 Å². The molecule has 0 aliphatic heterocycles. The molecule has 2 heteroatoms. The maximum atomic E-state index is 4.33. The maximum absolute atomic E-state index is 4.33. The Hall–Kier alpha value is -0.790. The van der Waals surface area contributed by atoms with E-state index in [1.54, 1.807) is 0 Å². The van der Waals surface area contributed by atoms with E-state index in [0.717, 1.165) is 6.54 Å². The summed E-state index contributed by atoms with van der Waals surface area (Å²) >= 11 is 0. The quantitative estimate of drug-likeness (QED) is 0.571. The molecule has 1 heterocycles. The van der Waals surface area contributed by atoms with Gasteiger partial charge in [0.15, 0.2) is 0 Å². The fourth-order valence-corrected chi connectivity index (χ4v) is 2.19. The zero-order valence-electron chi connectivity index (χ0n) is 11.8. The van der Waals surface area contributed by atoms with Crippen molar-refractivity contribution in [2.75, 3.05) is 0 Å². The van der Waals surface area contributed by atoms with Crippen LogP contribution in [0.5, 0.6) is 0 Å². The molecule has 0 bridgehead atoms. The number of rotatable bonds is 9. The molecule has 1 aromatic rings. The van der Waals surface area contributed by atoms with Gasteiger partial charge in [-0.15, -0.1) is 0 Å². The van der Waals surface area contributed by atoms with Gasteiger partial charge in [-0.2, -0.15) is 0 Å². The molecule has 0 aliphatic carbocycles. The van der Waals surface area contributed by atoms with Gasteiger partial charge in [-0.3, -0.25) is 0 Å². The monoisotopic (exact) mass is 236 g/mol. The molecule has 98 valence electrons. The molecular weight excluding hydrogens is 208 g/mol. The molecule has 0 radical (unpaired) electrons. The zero-order chi connectivity index (χ0) is 12.5. The van der Waals surface area contributed by atoms with Crippen molar-refractivity contribution in [3.8, 4) is 0 Å². The molecule has 0 saturated heterocycles. The van der Waals surface area contributed by atoms with Gasteiger partial charge in [0.25, 0.3) is 0 Å². The van der Waals surface area contributed by atoms with E-state index in [-0.39, 0.29) is 0 Å². The molecule has 0 saturated carbocycles. The van der Waals surface area contributed by atoms with Crippen molar-refractivity contribution in [2.45, 2.75) is 78.7 Å². The largest absolute Gasteiger partial charge is 0.335 e. The highest BCUT2D eigenvalue weighted by Gasteiger charge is 2.00. The second kappa shape index (κ2) is 8.32. The molecule has 0 aliphatic rings. The fourth-order valence-electron chi connectivity index (χ4n) is 2.19. The Morgan fingerprint density at radius 1 is 0.941 bits per heavy atom. The molecular formula is C15H28N2. The summed E-state index contributed by atoms with van der Waals surface area (Å²) in [4.78, 5) is 4.33. The van der Waals surface area contributed by atoms with Gasteiger partial charge in [-0.1, -0.05) is 51.9 Å². The first kappa shape index (κ1) is 14.3. The third-order valence-corrected chi connectivity index (χ3v) is 3.60. The Morgan fingerprint density at radius 3 is 2.06 bits per heavy atom. The van der Waals surface area contributed by atoms with Gasteiger partial charge in [0.2, 0.25) is 0 Å². The molecule has 0 fully saturated rings. The molecule has 0 spiro atoms. The first-order valence-corrected chi connectivity index (χ1v) is 7.24. The minimum atomic E-state index is 1.14. The number of unbranched alkanes of at least 4 members (excludes halogenated alkanes) is 7. The van der Waals surface area contributed by atoms with Crippen LogP contribution in [0.2, 0.25) is 0 Å². The Bertz CT molecular complexity index is 302. The Kier molecular flexibility index (Phi) is 6.99. The average Bonchev–Trinajstić information content (AvgIpc) is 2.64. The second-order valence-electron chi connectivity index (χ2n) is 5.08. The third-order valence-electron chi connectivity index (χ3n) is 3.60. The van der Waals surface area contributed by atoms with Gasteiger partial charge in [-0.25, -0.2) is 4.98 Å². The van der Waals surface area contributed by atoms with Crippen molar-refractivity contribution < 1.29 is 0 Å². The lowest BCUT2D eigenvalue weighted by molar-refractivity contribution is 0.540. The van der Waals surface area contributed by atoms with Gasteiger partial charge in [0, 0.05) is 12.2 Å². The number of hydrogen-bond donors (Lipinski definition) is 0. The SMILES string of the molecule is CCCCCCCCCCn1cnc(C)c1C. The van der Waals surface area contributed by atoms with Crippen LogP contribution in [0.4, 0.5) is 0 Å². The zero-order valence-corrected chi connectivity index (χ0v) is 11.8. The van der Waals surface area contributed by atoms with E-state index in [0.29, 0.717) is 0 Å². The number of nitrogens with zero attached hydrogens (tertiary/aromatic N) is 2. The van der Waals surface area contributed by atoms with Crippen LogP contribution in [0.15, 0.2) is 6.33 Å². The molecule has 0 amide bonds. The minimum absolute atomic E-state index is 1.14. The summed E-state index contributed by atoms with van der Waals surface area (Å²) in [6.07, 6.45) is 13.1. The van der Waals surface area contributed by atoms with Crippen LogP contribution in [0.25, 0.3) is 0 Å². The fraction of sp³-hybridized carbons (Fsp3) is 0.800. The summed E-state index contributed by atoms with van der Waals surface area (Å²) in [5, 5.41) is 0. The summed E-state index contributed by atoms with van der Waals surface area (Å²) in [7, 11) is 0. The highest BCUT2D eigenvalue weighted by atomic mass is 15.0. The maximum Gasteiger partial charge on any atom is 0.0951 e. The summed E-state index contributed by atoms with van der Waals surface area (Å²) < 4.78 is 2.28. The molecule has 0 aromatic carbocycles. The van der Waals surface area contributed by atoms with Crippen molar-refractivity contribution >= 4 is 0 Å². The standard InChI is InChI=1S/C15H28N2/c1-4-5-6-7-8-9-10-11-12-17-13-16-14(2)15(17)3/h13H,4-12H2,1-3H3. The molecule has 1 rings (SSSR count). The average molecular weight is 236 g/mol. The van der Waals surface area contributed by atoms with Crippen LogP contribution in [0.1, 0.15) is 69.7 Å². The van der Waals surface area contributed by atoms with Crippen LogP contribution < -0.4 is 0 Å². The van der Waals surface area contributed by atoms with Gasteiger partial charge in [0.05, 0.1) is 12.0 Å². The van der Waals surface area contributed by atoms with Gasteiger partial charge < -0.3 is 4.57 Å². The van der Waals surface area contributed by atoms with E-state index in [1.165, 1.54) is 62.8 Å². The molecule has 17 heavy (non-hydrogen) atoms. The minimum Gasteiger partial charge on any atom is -0.335 e. The summed E-state index contributed by atoms with van der Waals surface area (Å²) in [5.41, 5.74) is 2.50. The Balaban J connectivity index is 1.99. The molecule has 0 atom stereocenters. The van der Waals surface area contributed by atoms with Gasteiger partial charge >= 0.3 is 0 Å². The normalized spacial score (nSPS) is 11.0.